The average molecular weight is 328 g/mol. The molecule has 0 saturated heterocycles. The summed E-state index contributed by atoms with van der Waals surface area (Å²) in [4.78, 5) is 15.0. The molecule has 2 heterocycles. The van der Waals surface area contributed by atoms with Crippen LogP contribution in [0.2, 0.25) is 0 Å². The zero-order valence-corrected chi connectivity index (χ0v) is 12.4. The fraction of sp³-hybridized carbons (Fsp3) is 0.385. The zero-order valence-electron chi connectivity index (χ0n) is 12.4. The third-order valence-electron chi connectivity index (χ3n) is 2.56. The van der Waals surface area contributed by atoms with Crippen LogP contribution in [0.5, 0.6) is 0 Å². The van der Waals surface area contributed by atoms with Gasteiger partial charge in [-0.2, -0.15) is 18.2 Å². The second-order valence-electron chi connectivity index (χ2n) is 5.35. The highest BCUT2D eigenvalue weighted by Gasteiger charge is 2.32. The monoisotopic (exact) mass is 328 g/mol. The summed E-state index contributed by atoms with van der Waals surface area (Å²) in [7, 11) is 0. The predicted molar refractivity (Wildman–Crippen MR) is 77.1 cm³/mol. The minimum atomic E-state index is -4.53. The Hall–Kier alpha value is -2.49. The molecule has 0 saturated carbocycles. The molecular formula is C13H15F3N6O. The van der Waals surface area contributed by atoms with Crippen molar-refractivity contribution in [2.75, 3.05) is 17.2 Å². The van der Waals surface area contributed by atoms with Gasteiger partial charge in [0.05, 0.1) is 5.60 Å². The van der Waals surface area contributed by atoms with E-state index < -0.39 is 17.5 Å². The van der Waals surface area contributed by atoms with Crippen LogP contribution in [0.25, 0.3) is 0 Å². The minimum Gasteiger partial charge on any atom is -0.389 e. The summed E-state index contributed by atoms with van der Waals surface area (Å²) >= 11 is 0. The van der Waals surface area contributed by atoms with E-state index in [-0.39, 0.29) is 24.1 Å². The van der Waals surface area contributed by atoms with Gasteiger partial charge in [0, 0.05) is 18.4 Å². The third kappa shape index (κ3) is 5.33. The number of aromatic nitrogens is 4. The van der Waals surface area contributed by atoms with Crippen LogP contribution in [0.3, 0.4) is 0 Å². The Bertz CT molecular complexity index is 671. The topological polar surface area (TPSA) is 95.8 Å². The molecule has 2 aromatic rings. The summed E-state index contributed by atoms with van der Waals surface area (Å²) in [6, 6.07) is 2.22. The van der Waals surface area contributed by atoms with Gasteiger partial charge in [-0.25, -0.2) is 9.97 Å². The molecule has 10 heteroatoms. The van der Waals surface area contributed by atoms with Crippen LogP contribution in [0.1, 0.15) is 19.5 Å². The summed E-state index contributed by atoms with van der Waals surface area (Å²) in [5.41, 5.74) is -1.84. The van der Waals surface area contributed by atoms with Crippen molar-refractivity contribution in [1.82, 2.24) is 19.9 Å². The third-order valence-corrected chi connectivity index (χ3v) is 2.56. The summed E-state index contributed by atoms with van der Waals surface area (Å²) in [5.74, 6) is 0.257. The number of hydrogen-bond donors (Lipinski definition) is 3. The molecule has 0 bridgehead atoms. The SMILES string of the molecule is CC(C)(O)CNc1ncnc(Nc2ccnc(C(F)(F)F)c2)n1. The van der Waals surface area contributed by atoms with Gasteiger partial charge in [0.2, 0.25) is 11.9 Å². The lowest BCUT2D eigenvalue weighted by Gasteiger charge is -2.17. The van der Waals surface area contributed by atoms with E-state index >= 15 is 0 Å². The second kappa shape index (κ2) is 6.32. The maximum absolute atomic E-state index is 12.6. The second-order valence-corrected chi connectivity index (χ2v) is 5.35. The maximum atomic E-state index is 12.6. The lowest BCUT2D eigenvalue weighted by Crippen LogP contribution is -2.30. The van der Waals surface area contributed by atoms with Crippen molar-refractivity contribution in [3.8, 4) is 0 Å². The van der Waals surface area contributed by atoms with E-state index in [4.69, 9.17) is 0 Å². The van der Waals surface area contributed by atoms with Crippen molar-refractivity contribution in [1.29, 1.82) is 0 Å². The molecule has 0 aliphatic carbocycles. The Morgan fingerprint density at radius 2 is 1.83 bits per heavy atom. The quantitative estimate of drug-likeness (QED) is 0.774. The summed E-state index contributed by atoms with van der Waals surface area (Å²) in [5, 5.41) is 15.1. The molecule has 0 atom stereocenters. The molecule has 0 unspecified atom stereocenters. The molecule has 0 amide bonds. The van der Waals surface area contributed by atoms with E-state index in [0.29, 0.717) is 0 Å². The summed E-state index contributed by atoms with van der Waals surface area (Å²) in [6.45, 7) is 3.41. The average Bonchev–Trinajstić information content (AvgIpc) is 2.44. The molecule has 0 fully saturated rings. The predicted octanol–water partition coefficient (Wildman–Crippen LogP) is 2.21. The van der Waals surface area contributed by atoms with Gasteiger partial charge in [0.1, 0.15) is 12.0 Å². The molecule has 0 aliphatic rings. The van der Waals surface area contributed by atoms with Crippen LogP contribution >= 0.6 is 0 Å². The van der Waals surface area contributed by atoms with E-state index in [9.17, 15) is 18.3 Å². The van der Waals surface area contributed by atoms with E-state index in [2.05, 4.69) is 30.6 Å². The van der Waals surface area contributed by atoms with Gasteiger partial charge in [-0.15, -0.1) is 0 Å². The molecule has 23 heavy (non-hydrogen) atoms. The highest BCUT2D eigenvalue weighted by atomic mass is 19.4. The number of pyridine rings is 1. The fourth-order valence-corrected chi connectivity index (χ4v) is 1.53. The largest absolute Gasteiger partial charge is 0.433 e. The Labute approximate surface area is 130 Å². The number of halogens is 3. The van der Waals surface area contributed by atoms with Crippen molar-refractivity contribution in [3.05, 3.63) is 30.4 Å². The van der Waals surface area contributed by atoms with Gasteiger partial charge in [0.15, 0.2) is 0 Å². The van der Waals surface area contributed by atoms with Gasteiger partial charge in [0.25, 0.3) is 0 Å². The van der Waals surface area contributed by atoms with Crippen LogP contribution in [-0.4, -0.2) is 37.2 Å². The number of aliphatic hydroxyl groups is 1. The Balaban J connectivity index is 2.12. The van der Waals surface area contributed by atoms with Gasteiger partial charge in [-0.1, -0.05) is 0 Å². The van der Waals surface area contributed by atoms with Gasteiger partial charge < -0.3 is 15.7 Å². The molecular weight excluding hydrogens is 313 g/mol. The lowest BCUT2D eigenvalue weighted by atomic mass is 10.1. The molecule has 2 aromatic heterocycles. The summed E-state index contributed by atoms with van der Waals surface area (Å²) in [6.07, 6.45) is -2.29. The Kier molecular flexibility index (Phi) is 4.64. The number of hydrogen-bond acceptors (Lipinski definition) is 7. The van der Waals surface area contributed by atoms with E-state index in [1.54, 1.807) is 13.8 Å². The van der Waals surface area contributed by atoms with Crippen LogP contribution < -0.4 is 10.6 Å². The highest BCUT2D eigenvalue weighted by Crippen LogP contribution is 2.29. The van der Waals surface area contributed by atoms with Gasteiger partial charge >= 0.3 is 6.18 Å². The first-order valence-electron chi connectivity index (χ1n) is 6.59. The first kappa shape index (κ1) is 16.9. The lowest BCUT2D eigenvalue weighted by molar-refractivity contribution is -0.141. The molecule has 2 rings (SSSR count). The Morgan fingerprint density at radius 3 is 2.48 bits per heavy atom. The Morgan fingerprint density at radius 1 is 1.13 bits per heavy atom. The molecule has 124 valence electrons. The number of rotatable bonds is 5. The number of nitrogens with one attached hydrogen (secondary N) is 2. The highest BCUT2D eigenvalue weighted by molar-refractivity contribution is 5.53. The maximum Gasteiger partial charge on any atom is 0.433 e. The van der Waals surface area contributed by atoms with Crippen LogP contribution in [-0.2, 0) is 6.18 Å². The van der Waals surface area contributed by atoms with Gasteiger partial charge in [-0.3, -0.25) is 4.98 Å². The smallest absolute Gasteiger partial charge is 0.389 e. The van der Waals surface area contributed by atoms with E-state index in [1.165, 1.54) is 12.4 Å². The molecule has 0 spiro atoms. The van der Waals surface area contributed by atoms with Crippen molar-refractivity contribution in [2.45, 2.75) is 25.6 Å². The fourth-order valence-electron chi connectivity index (χ4n) is 1.53. The van der Waals surface area contributed by atoms with Crippen molar-refractivity contribution >= 4 is 17.6 Å². The standard InChI is InChI=1S/C13H15F3N6O/c1-12(2,23)6-18-10-19-7-20-11(22-10)21-8-3-4-17-9(5-8)13(14,15)16/h3-5,7,23H,6H2,1-2H3,(H2,17,18,19,20,21,22). The van der Waals surface area contributed by atoms with Crippen molar-refractivity contribution in [2.24, 2.45) is 0 Å². The number of alkyl halides is 3. The number of nitrogens with zero attached hydrogens (tertiary/aromatic N) is 4. The first-order valence-corrected chi connectivity index (χ1v) is 6.59. The van der Waals surface area contributed by atoms with Crippen LogP contribution in [0, 0.1) is 0 Å². The van der Waals surface area contributed by atoms with Gasteiger partial charge in [-0.05, 0) is 26.0 Å². The van der Waals surface area contributed by atoms with Crippen molar-refractivity contribution in [3.63, 3.8) is 0 Å². The minimum absolute atomic E-state index is 0.0672. The molecule has 0 aromatic carbocycles. The van der Waals surface area contributed by atoms with E-state index in [1.807, 2.05) is 0 Å². The first-order chi connectivity index (χ1) is 10.6. The molecule has 3 N–H and O–H groups in total. The van der Waals surface area contributed by atoms with Crippen LogP contribution in [0.15, 0.2) is 24.7 Å². The van der Waals surface area contributed by atoms with Crippen molar-refractivity contribution < 1.29 is 18.3 Å². The summed E-state index contributed by atoms with van der Waals surface area (Å²) < 4.78 is 37.9. The van der Waals surface area contributed by atoms with Crippen LogP contribution in [0.4, 0.5) is 30.8 Å². The number of anilines is 3. The normalized spacial score (nSPS) is 12.1. The zero-order chi connectivity index (χ0) is 17.1. The molecule has 7 nitrogen and oxygen atoms in total. The van der Waals surface area contributed by atoms with E-state index in [0.717, 1.165) is 12.3 Å². The molecule has 0 radical (unpaired) electrons. The molecule has 0 aliphatic heterocycles.